The van der Waals surface area contributed by atoms with Crippen molar-refractivity contribution < 1.29 is 75.7 Å². The number of nitrogens with zero attached hydrogens (tertiary/aromatic N) is 7. The molecule has 2 amide bonds. The molecule has 0 saturated carbocycles. The van der Waals surface area contributed by atoms with Gasteiger partial charge in [0.2, 0.25) is 35.3 Å². The molecule has 395 valence electrons. The summed E-state index contributed by atoms with van der Waals surface area (Å²) in [6.07, 6.45) is 17.7. The van der Waals surface area contributed by atoms with Crippen LogP contribution in [0.5, 0.6) is 23.5 Å². The largest absolute Gasteiger partial charge is 0.481 e. The molecule has 2 N–H and O–H groups in total. The van der Waals surface area contributed by atoms with E-state index in [1.165, 1.54) is 24.2 Å². The predicted octanol–water partition coefficient (Wildman–Crippen LogP) is 7.58. The summed E-state index contributed by atoms with van der Waals surface area (Å²) in [5.74, 6) is 1.21. The number of rotatable bonds is 15. The maximum absolute atomic E-state index is 11.5. The minimum atomic E-state index is -1.01. The van der Waals surface area contributed by atoms with Crippen LogP contribution in [0.25, 0.3) is 12.2 Å². The minimum Gasteiger partial charge on any atom is -0.481 e. The quantitative estimate of drug-likeness (QED) is 0.0874. The normalized spacial score (nSPS) is 12.2. The van der Waals surface area contributed by atoms with Gasteiger partial charge in [-0.15, -0.1) is 0 Å². The first-order valence-corrected chi connectivity index (χ1v) is 24.7. The Labute approximate surface area is 491 Å². The van der Waals surface area contributed by atoms with E-state index >= 15 is 0 Å². The van der Waals surface area contributed by atoms with Gasteiger partial charge in [-0.3, -0.25) is 9.59 Å². The van der Waals surface area contributed by atoms with E-state index < -0.39 is 5.97 Å². The van der Waals surface area contributed by atoms with Crippen molar-refractivity contribution >= 4 is 110 Å². The summed E-state index contributed by atoms with van der Waals surface area (Å²) >= 11 is 13.3. The predicted molar refractivity (Wildman–Crippen MR) is 303 cm³/mol. The molecule has 72 heavy (non-hydrogen) atoms. The number of carbonyl (C=O) groups is 3. The first-order valence-electron chi connectivity index (χ1n) is 22.7. The maximum atomic E-state index is 11.5. The van der Waals surface area contributed by atoms with Crippen LogP contribution in [0.2, 0.25) is 0 Å². The Morgan fingerprint density at radius 3 is 1.50 bits per heavy atom. The van der Waals surface area contributed by atoms with Gasteiger partial charge in [-0.05, 0) is 170 Å². The summed E-state index contributed by atoms with van der Waals surface area (Å²) < 4.78 is 40.3. The summed E-state index contributed by atoms with van der Waals surface area (Å²) in [4.78, 5) is 54.7. The molecule has 0 bridgehead atoms. The van der Waals surface area contributed by atoms with E-state index in [4.69, 9.17) is 39.3 Å². The zero-order chi connectivity index (χ0) is 55.9. The molecule has 4 aromatic rings. The second-order valence-electron chi connectivity index (χ2n) is 15.1. The number of hydrogen-bond acceptors (Lipinski definition) is 14. The number of carboxylic acids is 1. The molecule has 0 aliphatic carbocycles. The van der Waals surface area contributed by atoms with Crippen molar-refractivity contribution in [2.24, 2.45) is 0 Å². The van der Waals surface area contributed by atoms with Crippen molar-refractivity contribution in [2.75, 3.05) is 98.0 Å². The van der Waals surface area contributed by atoms with Crippen LogP contribution in [-0.2, 0) is 32.0 Å². The number of hydrogen-bond donors (Lipinski definition) is 2. The van der Waals surface area contributed by atoms with Gasteiger partial charge < -0.3 is 48.8 Å². The SMILES string of the molecule is CNC.COc1ncc(Br)cc1/C=C/C(=O)N(C)C.COc1ncc(Br)cc1/C=C/C(=O)O.COc1ncc(Br)cc1CCC(=O)N(C)C.COc1ncc(Br)cc1CCCN(C)C.[3H][B][3H].[B]C1CCCO1.[HH].[U]. The summed E-state index contributed by atoms with van der Waals surface area (Å²) in [5.41, 5.74) is 3.47. The third-order valence-electron chi connectivity index (χ3n) is 8.62. The third kappa shape index (κ3) is 33.5. The van der Waals surface area contributed by atoms with Gasteiger partial charge >= 0.3 is 5.97 Å². The molecular formula is C48H71B2Br4N8O9U. The van der Waals surface area contributed by atoms with Crippen molar-refractivity contribution in [3.05, 3.63) is 101 Å². The first-order chi connectivity index (χ1) is 34.6. The fraction of sp³-hybridized carbons (Fsp3) is 0.438. The van der Waals surface area contributed by atoms with Crippen LogP contribution in [0.15, 0.2) is 79.1 Å². The standard InChI is InChI=1S/C11H15BrN2O2.C11H13BrN2O2.C11H17BrN2O.C9H8BrNO3.C4H7BO.C2H7N.BH2.U.H2/c2*1-14(2)10(15)5-4-8-6-9(12)7-13-11(8)16-3;1-14(2)6-4-5-9-7-10(12)8-13-11(9)15-3;1-14-9-6(2-3-8(12)13)4-7(10)5-11-9;5-4-2-1-3-6-4;1-3-2;;;/h6-7H,4-5H2,1-3H3;4-7H,1-3H3;7-8H,4-6H2,1-3H3;2-5H,1H3,(H,12,13);4H,1-3H2;3H,1-2H3;1H2;;1H/b;5-4+;;3-2+;;;;;/i;;;;;;1T2;;. The summed E-state index contributed by atoms with van der Waals surface area (Å²) in [7, 11) is 26.9. The van der Waals surface area contributed by atoms with Crippen LogP contribution in [0.4, 0.5) is 0 Å². The van der Waals surface area contributed by atoms with Gasteiger partial charge in [0.25, 0.3) is 0 Å². The summed E-state index contributed by atoms with van der Waals surface area (Å²) in [6, 6.07) is 7.61. The number of ether oxygens (including phenoxy) is 5. The maximum Gasteiger partial charge on any atom is 0.328 e. The average Bonchev–Trinajstić information content (AvgIpc) is 3.83. The Balaban J connectivity index is -0.000000413. The summed E-state index contributed by atoms with van der Waals surface area (Å²) in [6.45, 7) is 1.94. The number of aliphatic carboxylic acids is 1. The monoisotopic (exact) mass is 1480 g/mol. The Morgan fingerprint density at radius 1 is 0.764 bits per heavy atom. The minimum absolute atomic E-state index is 0. The van der Waals surface area contributed by atoms with Gasteiger partial charge in [0.05, 0.1) is 36.8 Å². The molecule has 1 atom stereocenters. The van der Waals surface area contributed by atoms with E-state index in [-0.39, 0.29) is 50.4 Å². The van der Waals surface area contributed by atoms with Crippen molar-refractivity contribution in [2.45, 2.75) is 44.5 Å². The Morgan fingerprint density at radius 2 is 1.17 bits per heavy atom. The fourth-order valence-electron chi connectivity index (χ4n) is 5.25. The zero-order valence-electron chi connectivity index (χ0n) is 45.2. The number of pyridine rings is 4. The number of aryl methyl sites for hydroxylation is 2. The van der Waals surface area contributed by atoms with Crippen LogP contribution in [0.3, 0.4) is 0 Å². The zero-order valence-corrected chi connectivity index (χ0v) is 53.7. The molecule has 4 aromatic heterocycles. The summed E-state index contributed by atoms with van der Waals surface area (Å²) in [5, 5.41) is 11.2. The van der Waals surface area contributed by atoms with Gasteiger partial charge in [-0.25, -0.2) is 24.7 Å². The topological polar surface area (TPSA) is 191 Å². The van der Waals surface area contributed by atoms with E-state index in [2.05, 4.69) is 114 Å². The molecule has 3 radical (unpaired) electrons. The van der Waals surface area contributed by atoms with Gasteiger partial charge in [-0.1, -0.05) is 0 Å². The van der Waals surface area contributed by atoms with Gasteiger partial charge in [0.1, 0.15) is 7.85 Å². The van der Waals surface area contributed by atoms with E-state index in [1.54, 1.807) is 91.3 Å². The molecule has 0 spiro atoms. The number of likely N-dealkylation sites (N-methyl/N-ethyl adjacent to an activating group) is 1. The molecule has 1 saturated heterocycles. The average molecular weight is 1490 g/mol. The number of nitrogens with one attached hydrogen (secondary N) is 1. The smallest absolute Gasteiger partial charge is 0.328 e. The van der Waals surface area contributed by atoms with Crippen molar-refractivity contribution in [1.29, 1.82) is 2.67 Å². The second-order valence-corrected chi connectivity index (χ2v) is 18.8. The molecule has 1 aliphatic heterocycles. The van der Waals surface area contributed by atoms with Gasteiger partial charge in [0, 0.05) is 157 Å². The molecule has 24 heteroatoms. The molecule has 1 aliphatic rings. The van der Waals surface area contributed by atoms with Crippen molar-refractivity contribution in [3.63, 3.8) is 0 Å². The molecule has 5 rings (SSSR count). The fourth-order valence-corrected chi connectivity index (χ4v) is 6.71. The molecule has 17 nitrogen and oxygen atoms in total. The number of halogens is 4. The second kappa shape index (κ2) is 43.0. The van der Waals surface area contributed by atoms with Gasteiger partial charge in [0.15, 0.2) is 0 Å². The first kappa shape index (κ1) is 68.7. The number of carbonyl (C=O) groups excluding carboxylic acids is 2. The van der Waals surface area contributed by atoms with Crippen molar-refractivity contribution in [1.82, 2.24) is 40.0 Å². The van der Waals surface area contributed by atoms with Crippen LogP contribution in [-0.4, -0.2) is 180 Å². The molecule has 5 heterocycles. The molecular weight excluding hydrogens is 1410 g/mol. The van der Waals surface area contributed by atoms with Crippen molar-refractivity contribution in [3.8, 4) is 23.5 Å². The number of amides is 2. The molecule has 0 aromatic carbocycles. The van der Waals surface area contributed by atoms with E-state index in [1.807, 2.05) is 26.2 Å². The van der Waals surface area contributed by atoms with E-state index in [0.29, 0.717) is 44.4 Å². The van der Waals surface area contributed by atoms with Crippen LogP contribution in [0, 0.1) is 31.1 Å². The van der Waals surface area contributed by atoms with Crippen LogP contribution >= 0.6 is 63.7 Å². The van der Waals surface area contributed by atoms with E-state index in [9.17, 15) is 14.4 Å². The Bertz CT molecular complexity index is 2260. The molecule has 1 unspecified atom stereocenters. The van der Waals surface area contributed by atoms with E-state index in [0.717, 1.165) is 85.4 Å². The van der Waals surface area contributed by atoms with Crippen LogP contribution < -0.4 is 24.3 Å². The Hall–Kier alpha value is -3.33. The number of methoxy groups -OCH3 is 4. The van der Waals surface area contributed by atoms with Gasteiger partial charge in [-0.2, -0.15) is 0 Å². The Kier molecular flexibility index (Phi) is 41.0. The third-order valence-corrected chi connectivity index (χ3v) is 10.4. The number of carboxylic acid groups (broad SMARTS) is 1. The number of aromatic nitrogens is 4. The van der Waals surface area contributed by atoms with Crippen LogP contribution in [0.1, 0.15) is 49.4 Å². The molecule has 1 fully saturated rings.